The first kappa shape index (κ1) is 19.1. The summed E-state index contributed by atoms with van der Waals surface area (Å²) in [5.41, 5.74) is 1.17. The summed E-state index contributed by atoms with van der Waals surface area (Å²) in [6, 6.07) is 8.22. The molecule has 1 fully saturated rings. The van der Waals surface area contributed by atoms with Crippen molar-refractivity contribution >= 4 is 29.9 Å². The van der Waals surface area contributed by atoms with Crippen LogP contribution in [0.2, 0.25) is 0 Å². The first-order chi connectivity index (χ1) is 10.2. The van der Waals surface area contributed by atoms with Gasteiger partial charge in [0.2, 0.25) is 0 Å². The molecule has 0 saturated heterocycles. The summed E-state index contributed by atoms with van der Waals surface area (Å²) in [7, 11) is 1.80. The van der Waals surface area contributed by atoms with Gasteiger partial charge in [0, 0.05) is 25.7 Å². The van der Waals surface area contributed by atoms with Gasteiger partial charge in [-0.2, -0.15) is 0 Å². The molecule has 1 aliphatic carbocycles. The number of para-hydroxylation sites is 1. The van der Waals surface area contributed by atoms with E-state index in [1.807, 2.05) is 18.2 Å². The van der Waals surface area contributed by atoms with Gasteiger partial charge in [-0.3, -0.25) is 4.99 Å². The summed E-state index contributed by atoms with van der Waals surface area (Å²) in [6.07, 6.45) is 2.62. The number of hydrogen-bond donors (Lipinski definition) is 2. The van der Waals surface area contributed by atoms with Gasteiger partial charge < -0.3 is 15.4 Å². The molecule has 5 heteroatoms. The Kier molecular flexibility index (Phi) is 8.60. The van der Waals surface area contributed by atoms with Crippen LogP contribution in [0.3, 0.4) is 0 Å². The van der Waals surface area contributed by atoms with Crippen LogP contribution in [0, 0.1) is 11.8 Å². The number of benzene rings is 1. The average molecular weight is 417 g/mol. The molecule has 124 valence electrons. The highest BCUT2D eigenvalue weighted by Gasteiger charge is 2.22. The molecule has 1 saturated carbocycles. The summed E-state index contributed by atoms with van der Waals surface area (Å²) < 4.78 is 5.92. The van der Waals surface area contributed by atoms with Gasteiger partial charge in [0.05, 0.1) is 6.61 Å². The zero-order chi connectivity index (χ0) is 15.1. The fraction of sp³-hybridized carbons (Fsp3) is 0.588. The van der Waals surface area contributed by atoms with Crippen molar-refractivity contribution in [3.8, 4) is 5.75 Å². The largest absolute Gasteiger partial charge is 0.493 e. The Morgan fingerprint density at radius 3 is 2.64 bits per heavy atom. The Hall–Kier alpha value is -0.980. The molecule has 1 aromatic rings. The van der Waals surface area contributed by atoms with Gasteiger partial charge in [-0.25, -0.2) is 0 Å². The Labute approximate surface area is 151 Å². The van der Waals surface area contributed by atoms with E-state index >= 15 is 0 Å². The molecule has 2 rings (SSSR count). The summed E-state index contributed by atoms with van der Waals surface area (Å²) in [5, 5.41) is 6.66. The average Bonchev–Trinajstić information content (AvgIpc) is 3.30. The van der Waals surface area contributed by atoms with E-state index < -0.39 is 0 Å². The van der Waals surface area contributed by atoms with E-state index in [4.69, 9.17) is 4.74 Å². The van der Waals surface area contributed by atoms with Gasteiger partial charge in [-0.1, -0.05) is 32.0 Å². The molecule has 0 radical (unpaired) electrons. The molecular weight excluding hydrogens is 389 g/mol. The van der Waals surface area contributed by atoms with Crippen molar-refractivity contribution in [1.29, 1.82) is 0 Å². The lowest BCUT2D eigenvalue weighted by molar-refractivity contribution is 0.296. The van der Waals surface area contributed by atoms with Crippen molar-refractivity contribution in [2.75, 3.05) is 20.2 Å². The highest BCUT2D eigenvalue weighted by molar-refractivity contribution is 14.0. The van der Waals surface area contributed by atoms with Gasteiger partial charge in [-0.15, -0.1) is 24.0 Å². The quantitative estimate of drug-likeness (QED) is 0.406. The van der Waals surface area contributed by atoms with E-state index in [0.29, 0.717) is 5.92 Å². The third-order valence-electron chi connectivity index (χ3n) is 3.49. The Balaban J connectivity index is 0.00000242. The standard InChI is InChI=1S/C17H27N3O.HI/c1-13(2)10-19-17(18-3)20-11-15-6-4-5-7-16(15)21-12-14-8-9-14;/h4-7,13-14H,8-12H2,1-3H3,(H2,18,19,20);1H. The van der Waals surface area contributed by atoms with Gasteiger partial charge in [-0.05, 0) is 30.7 Å². The van der Waals surface area contributed by atoms with Crippen LogP contribution >= 0.6 is 24.0 Å². The smallest absolute Gasteiger partial charge is 0.191 e. The minimum Gasteiger partial charge on any atom is -0.493 e. The molecule has 0 unspecified atom stereocenters. The number of guanidine groups is 1. The molecule has 0 heterocycles. The molecule has 22 heavy (non-hydrogen) atoms. The molecular formula is C17H28IN3O. The number of halogens is 1. The van der Waals surface area contributed by atoms with Gasteiger partial charge in [0.15, 0.2) is 5.96 Å². The van der Waals surface area contributed by atoms with Crippen LogP contribution in [0.4, 0.5) is 0 Å². The maximum Gasteiger partial charge on any atom is 0.191 e. The van der Waals surface area contributed by atoms with E-state index in [1.165, 1.54) is 18.4 Å². The van der Waals surface area contributed by atoms with Gasteiger partial charge in [0.25, 0.3) is 0 Å². The lowest BCUT2D eigenvalue weighted by Crippen LogP contribution is -2.38. The van der Waals surface area contributed by atoms with Gasteiger partial charge in [0.1, 0.15) is 5.75 Å². The number of nitrogens with one attached hydrogen (secondary N) is 2. The minimum absolute atomic E-state index is 0. The summed E-state index contributed by atoms with van der Waals surface area (Å²) >= 11 is 0. The molecule has 1 aromatic carbocycles. The number of ether oxygens (including phenoxy) is 1. The SMILES string of the molecule is CN=C(NCc1ccccc1OCC1CC1)NCC(C)C.I. The number of nitrogens with zero attached hydrogens (tertiary/aromatic N) is 1. The van der Waals surface area contributed by atoms with Crippen LogP contribution < -0.4 is 15.4 Å². The summed E-state index contributed by atoms with van der Waals surface area (Å²) in [4.78, 5) is 4.24. The summed E-state index contributed by atoms with van der Waals surface area (Å²) in [6.45, 7) is 6.85. The number of aliphatic imine (C=N–C) groups is 1. The predicted octanol–water partition coefficient (Wildman–Crippen LogP) is 3.41. The van der Waals surface area contributed by atoms with E-state index in [9.17, 15) is 0 Å². The van der Waals surface area contributed by atoms with Crippen molar-refractivity contribution in [3.05, 3.63) is 29.8 Å². The van der Waals surface area contributed by atoms with Crippen molar-refractivity contribution in [1.82, 2.24) is 10.6 Å². The molecule has 2 N–H and O–H groups in total. The van der Waals surface area contributed by atoms with E-state index in [0.717, 1.165) is 37.3 Å². The van der Waals surface area contributed by atoms with Crippen molar-refractivity contribution < 1.29 is 4.74 Å². The van der Waals surface area contributed by atoms with Crippen LogP contribution in [0.15, 0.2) is 29.3 Å². The van der Waals surface area contributed by atoms with Crippen LogP contribution in [-0.4, -0.2) is 26.2 Å². The second kappa shape index (κ2) is 9.92. The third-order valence-corrected chi connectivity index (χ3v) is 3.49. The summed E-state index contributed by atoms with van der Waals surface area (Å²) in [5.74, 6) is 3.18. The minimum atomic E-state index is 0. The predicted molar refractivity (Wildman–Crippen MR) is 103 cm³/mol. The van der Waals surface area contributed by atoms with Crippen LogP contribution in [0.1, 0.15) is 32.3 Å². The fourth-order valence-corrected chi connectivity index (χ4v) is 1.98. The Morgan fingerprint density at radius 2 is 2.00 bits per heavy atom. The Morgan fingerprint density at radius 1 is 1.27 bits per heavy atom. The van der Waals surface area contributed by atoms with Crippen molar-refractivity contribution in [2.24, 2.45) is 16.8 Å². The van der Waals surface area contributed by atoms with Gasteiger partial charge >= 0.3 is 0 Å². The first-order valence-electron chi connectivity index (χ1n) is 7.84. The maximum absolute atomic E-state index is 5.92. The highest BCUT2D eigenvalue weighted by Crippen LogP contribution is 2.30. The number of hydrogen-bond acceptors (Lipinski definition) is 2. The van der Waals surface area contributed by atoms with Crippen LogP contribution in [0.5, 0.6) is 5.75 Å². The number of rotatable bonds is 7. The first-order valence-corrected chi connectivity index (χ1v) is 7.84. The molecule has 0 spiro atoms. The maximum atomic E-state index is 5.92. The molecule has 0 aliphatic heterocycles. The molecule has 1 aliphatic rings. The van der Waals surface area contributed by atoms with Crippen molar-refractivity contribution in [2.45, 2.75) is 33.2 Å². The normalized spacial score (nSPS) is 14.5. The van der Waals surface area contributed by atoms with Crippen LogP contribution in [0.25, 0.3) is 0 Å². The lowest BCUT2D eigenvalue weighted by Gasteiger charge is -2.15. The zero-order valence-electron chi connectivity index (χ0n) is 13.8. The fourth-order valence-electron chi connectivity index (χ4n) is 1.98. The molecule has 0 bridgehead atoms. The van der Waals surface area contributed by atoms with E-state index in [-0.39, 0.29) is 24.0 Å². The molecule has 0 amide bonds. The lowest BCUT2D eigenvalue weighted by atomic mass is 10.2. The zero-order valence-corrected chi connectivity index (χ0v) is 16.1. The van der Waals surface area contributed by atoms with E-state index in [1.54, 1.807) is 7.05 Å². The van der Waals surface area contributed by atoms with Crippen molar-refractivity contribution in [3.63, 3.8) is 0 Å². The highest BCUT2D eigenvalue weighted by atomic mass is 127. The third kappa shape index (κ3) is 6.85. The topological polar surface area (TPSA) is 45.7 Å². The van der Waals surface area contributed by atoms with E-state index in [2.05, 4.69) is 35.5 Å². The Bertz CT molecular complexity index is 473. The monoisotopic (exact) mass is 417 g/mol. The van der Waals surface area contributed by atoms with Crippen LogP contribution in [-0.2, 0) is 6.54 Å². The molecule has 0 atom stereocenters. The second-order valence-electron chi connectivity index (χ2n) is 6.06. The second-order valence-corrected chi connectivity index (χ2v) is 6.06. The molecule has 4 nitrogen and oxygen atoms in total. The molecule has 0 aromatic heterocycles.